The van der Waals surface area contributed by atoms with Gasteiger partial charge in [0.1, 0.15) is 23.0 Å². The Labute approximate surface area is 186 Å². The van der Waals surface area contributed by atoms with Gasteiger partial charge < -0.3 is 24.1 Å². The van der Waals surface area contributed by atoms with Crippen molar-refractivity contribution >= 4 is 11.9 Å². The minimum absolute atomic E-state index is 0.0394. The van der Waals surface area contributed by atoms with Crippen LogP contribution in [0.1, 0.15) is 33.8 Å². The summed E-state index contributed by atoms with van der Waals surface area (Å²) in [5.74, 6) is -0.463. The molecule has 7 heteroatoms. The Balaban J connectivity index is 2.04. The molecule has 1 N–H and O–H groups in total. The minimum atomic E-state index is -1.12. The first kappa shape index (κ1) is 22.7. The van der Waals surface area contributed by atoms with Crippen LogP contribution >= 0.6 is 0 Å². The first-order chi connectivity index (χ1) is 15.5. The molecule has 3 aromatic carbocycles. The molecule has 0 aliphatic carbocycles. The van der Waals surface area contributed by atoms with Crippen molar-refractivity contribution in [2.75, 3.05) is 21.3 Å². The van der Waals surface area contributed by atoms with Crippen LogP contribution < -0.4 is 18.9 Å². The van der Waals surface area contributed by atoms with E-state index < -0.39 is 17.9 Å². The Kier molecular flexibility index (Phi) is 7.33. The molecule has 1 unspecified atom stereocenters. The SMILES string of the molecule is COc1ccc(OC(=O)CC(c2ccccc2OC)c2c(OC)cccc2C(=O)O)cc1. The van der Waals surface area contributed by atoms with Gasteiger partial charge in [0.25, 0.3) is 0 Å². The fourth-order valence-corrected chi connectivity index (χ4v) is 3.57. The van der Waals surface area contributed by atoms with Crippen LogP contribution in [-0.2, 0) is 4.79 Å². The standard InChI is InChI=1S/C25H24O7/c1-29-16-11-13-17(14-12-16)32-23(26)15-20(18-7-4-5-9-21(18)30-2)24-19(25(27)28)8-6-10-22(24)31-3/h4-14,20H,15H2,1-3H3,(H,27,28). The van der Waals surface area contributed by atoms with Crippen molar-refractivity contribution in [3.8, 4) is 23.0 Å². The van der Waals surface area contributed by atoms with Crippen LogP contribution in [0.25, 0.3) is 0 Å². The predicted octanol–water partition coefficient (Wildman–Crippen LogP) is 4.54. The van der Waals surface area contributed by atoms with Gasteiger partial charge in [-0.1, -0.05) is 24.3 Å². The molecule has 0 radical (unpaired) electrons. The van der Waals surface area contributed by atoms with Gasteiger partial charge in [0, 0.05) is 17.0 Å². The van der Waals surface area contributed by atoms with Crippen LogP contribution in [-0.4, -0.2) is 38.4 Å². The van der Waals surface area contributed by atoms with Crippen molar-refractivity contribution in [3.05, 3.63) is 83.4 Å². The number of carbonyl (C=O) groups is 2. The molecule has 166 valence electrons. The Hall–Kier alpha value is -4.00. The Morgan fingerprint density at radius 2 is 1.41 bits per heavy atom. The third kappa shape index (κ3) is 5.00. The minimum Gasteiger partial charge on any atom is -0.497 e. The van der Waals surface area contributed by atoms with E-state index in [1.807, 2.05) is 0 Å². The van der Waals surface area contributed by atoms with E-state index in [4.69, 9.17) is 18.9 Å². The lowest BCUT2D eigenvalue weighted by Crippen LogP contribution is -2.18. The molecule has 32 heavy (non-hydrogen) atoms. The Bertz CT molecular complexity index is 1090. The van der Waals surface area contributed by atoms with Crippen molar-refractivity contribution in [2.45, 2.75) is 12.3 Å². The van der Waals surface area contributed by atoms with Crippen molar-refractivity contribution < 1.29 is 33.6 Å². The number of esters is 1. The van der Waals surface area contributed by atoms with Crippen LogP contribution in [0.4, 0.5) is 0 Å². The number of para-hydroxylation sites is 1. The summed E-state index contributed by atoms with van der Waals surface area (Å²) < 4.78 is 21.6. The number of methoxy groups -OCH3 is 3. The average Bonchev–Trinajstić information content (AvgIpc) is 2.82. The highest BCUT2D eigenvalue weighted by Gasteiger charge is 2.29. The predicted molar refractivity (Wildman–Crippen MR) is 118 cm³/mol. The number of benzene rings is 3. The number of carbonyl (C=O) groups excluding carboxylic acids is 1. The third-order valence-corrected chi connectivity index (χ3v) is 5.04. The molecule has 1 atom stereocenters. The molecular weight excluding hydrogens is 412 g/mol. The van der Waals surface area contributed by atoms with Crippen molar-refractivity contribution in [1.82, 2.24) is 0 Å². The van der Waals surface area contributed by atoms with Crippen LogP contribution in [0.3, 0.4) is 0 Å². The van der Waals surface area contributed by atoms with Gasteiger partial charge in [0.05, 0.1) is 33.3 Å². The van der Waals surface area contributed by atoms with E-state index in [2.05, 4.69) is 0 Å². The molecule has 0 saturated carbocycles. The molecule has 3 aromatic rings. The van der Waals surface area contributed by atoms with Crippen molar-refractivity contribution in [3.63, 3.8) is 0 Å². The molecule has 0 heterocycles. The zero-order chi connectivity index (χ0) is 23.1. The molecule has 0 spiro atoms. The lowest BCUT2D eigenvalue weighted by molar-refractivity contribution is -0.134. The smallest absolute Gasteiger partial charge is 0.336 e. The van der Waals surface area contributed by atoms with Gasteiger partial charge in [-0.15, -0.1) is 0 Å². The molecule has 0 fully saturated rings. The van der Waals surface area contributed by atoms with E-state index in [1.165, 1.54) is 20.3 Å². The normalized spacial score (nSPS) is 11.3. The van der Waals surface area contributed by atoms with Crippen molar-refractivity contribution in [1.29, 1.82) is 0 Å². The fourth-order valence-electron chi connectivity index (χ4n) is 3.57. The van der Waals surface area contributed by atoms with Crippen LogP contribution in [0, 0.1) is 0 Å². The lowest BCUT2D eigenvalue weighted by Gasteiger charge is -2.23. The zero-order valence-electron chi connectivity index (χ0n) is 18.0. The second kappa shape index (κ2) is 10.3. The number of hydrogen-bond acceptors (Lipinski definition) is 6. The van der Waals surface area contributed by atoms with Gasteiger partial charge in [-0.25, -0.2) is 4.79 Å². The fraction of sp³-hybridized carbons (Fsp3) is 0.200. The van der Waals surface area contributed by atoms with Gasteiger partial charge in [0.15, 0.2) is 0 Å². The number of carboxylic acid groups (broad SMARTS) is 1. The topological polar surface area (TPSA) is 91.3 Å². The zero-order valence-corrected chi connectivity index (χ0v) is 18.0. The summed E-state index contributed by atoms with van der Waals surface area (Å²) in [6, 6.07) is 18.5. The summed E-state index contributed by atoms with van der Waals surface area (Å²) in [5.41, 5.74) is 1.06. The molecule has 0 aliphatic rings. The van der Waals surface area contributed by atoms with Gasteiger partial charge in [-0.2, -0.15) is 0 Å². The first-order valence-electron chi connectivity index (χ1n) is 9.86. The Morgan fingerprint density at radius 3 is 2.03 bits per heavy atom. The summed E-state index contributed by atoms with van der Waals surface area (Å²) in [6.45, 7) is 0. The first-order valence-corrected chi connectivity index (χ1v) is 9.86. The van der Waals surface area contributed by atoms with E-state index in [0.29, 0.717) is 34.1 Å². The molecular formula is C25H24O7. The highest BCUT2D eigenvalue weighted by molar-refractivity contribution is 5.91. The quantitative estimate of drug-likeness (QED) is 0.389. The molecule has 0 bridgehead atoms. The Morgan fingerprint density at radius 1 is 0.781 bits per heavy atom. The summed E-state index contributed by atoms with van der Waals surface area (Å²) >= 11 is 0. The monoisotopic (exact) mass is 436 g/mol. The van der Waals surface area contributed by atoms with E-state index in [-0.39, 0.29) is 12.0 Å². The number of ether oxygens (including phenoxy) is 4. The maximum atomic E-state index is 12.9. The molecule has 7 nitrogen and oxygen atoms in total. The molecule has 0 aromatic heterocycles. The molecule has 3 rings (SSSR count). The second-order valence-electron chi connectivity index (χ2n) is 6.87. The van der Waals surface area contributed by atoms with E-state index in [9.17, 15) is 14.7 Å². The highest BCUT2D eigenvalue weighted by atomic mass is 16.5. The number of rotatable bonds is 9. The van der Waals surface area contributed by atoms with Crippen molar-refractivity contribution in [2.24, 2.45) is 0 Å². The van der Waals surface area contributed by atoms with Gasteiger partial charge in [-0.3, -0.25) is 4.79 Å². The molecule has 0 amide bonds. The van der Waals surface area contributed by atoms with E-state index in [0.717, 1.165) is 0 Å². The highest BCUT2D eigenvalue weighted by Crippen LogP contribution is 2.41. The van der Waals surface area contributed by atoms with Gasteiger partial charge in [0.2, 0.25) is 0 Å². The van der Waals surface area contributed by atoms with Crippen LogP contribution in [0.5, 0.6) is 23.0 Å². The average molecular weight is 436 g/mol. The number of hydrogen-bond donors (Lipinski definition) is 1. The summed E-state index contributed by atoms with van der Waals surface area (Å²) in [5, 5.41) is 9.81. The summed E-state index contributed by atoms with van der Waals surface area (Å²) in [7, 11) is 4.53. The molecule has 0 saturated heterocycles. The third-order valence-electron chi connectivity index (χ3n) is 5.04. The maximum Gasteiger partial charge on any atom is 0.336 e. The lowest BCUT2D eigenvalue weighted by atomic mass is 9.84. The van der Waals surface area contributed by atoms with Crippen LogP contribution in [0.15, 0.2) is 66.7 Å². The van der Waals surface area contributed by atoms with Crippen LogP contribution in [0.2, 0.25) is 0 Å². The summed E-state index contributed by atoms with van der Waals surface area (Å²) in [6.07, 6.45) is -0.132. The van der Waals surface area contributed by atoms with E-state index >= 15 is 0 Å². The molecule has 0 aliphatic heterocycles. The maximum absolute atomic E-state index is 12.9. The van der Waals surface area contributed by atoms with E-state index in [1.54, 1.807) is 67.8 Å². The van der Waals surface area contributed by atoms with Gasteiger partial charge >= 0.3 is 11.9 Å². The largest absolute Gasteiger partial charge is 0.497 e. The van der Waals surface area contributed by atoms with Gasteiger partial charge in [-0.05, 0) is 42.5 Å². The number of aromatic carboxylic acids is 1. The second-order valence-corrected chi connectivity index (χ2v) is 6.87. The number of carboxylic acids is 1. The summed E-state index contributed by atoms with van der Waals surface area (Å²) in [4.78, 5) is 24.9.